The summed E-state index contributed by atoms with van der Waals surface area (Å²) in [5.74, 6) is 0.569. The van der Waals surface area contributed by atoms with Gasteiger partial charge in [0, 0.05) is 31.7 Å². The van der Waals surface area contributed by atoms with Crippen LogP contribution in [0.2, 0.25) is 0 Å². The van der Waals surface area contributed by atoms with Gasteiger partial charge >= 0.3 is 0 Å². The third-order valence-corrected chi connectivity index (χ3v) is 5.16. The summed E-state index contributed by atoms with van der Waals surface area (Å²) in [6.45, 7) is 10.7. The van der Waals surface area contributed by atoms with Crippen LogP contribution in [0.15, 0.2) is 0 Å². The molecule has 5 heteroatoms. The van der Waals surface area contributed by atoms with Gasteiger partial charge in [-0.15, -0.1) is 0 Å². The maximum Gasteiger partial charge on any atom is 0.231 e. The molecule has 2 unspecified atom stereocenters. The van der Waals surface area contributed by atoms with Crippen molar-refractivity contribution in [1.82, 2.24) is 15.1 Å². The Morgan fingerprint density at radius 3 is 2.57 bits per heavy atom. The van der Waals surface area contributed by atoms with Crippen LogP contribution in [-0.2, 0) is 4.79 Å². The largest absolute Gasteiger partial charge is 0.369 e. The van der Waals surface area contributed by atoms with Crippen molar-refractivity contribution in [2.24, 2.45) is 11.7 Å². The van der Waals surface area contributed by atoms with Gasteiger partial charge in [0.05, 0.1) is 6.54 Å². The predicted molar refractivity (Wildman–Crippen MR) is 86.1 cm³/mol. The van der Waals surface area contributed by atoms with Gasteiger partial charge in [0.25, 0.3) is 0 Å². The Morgan fingerprint density at radius 2 is 1.95 bits per heavy atom. The van der Waals surface area contributed by atoms with E-state index in [1.54, 1.807) is 0 Å². The lowest BCUT2D eigenvalue weighted by Gasteiger charge is -2.39. The van der Waals surface area contributed by atoms with Crippen LogP contribution in [0, 0.1) is 5.92 Å². The zero-order valence-corrected chi connectivity index (χ0v) is 13.7. The molecule has 21 heavy (non-hydrogen) atoms. The minimum absolute atomic E-state index is 0.211. The van der Waals surface area contributed by atoms with E-state index < -0.39 is 0 Å². The second-order valence-electron chi connectivity index (χ2n) is 6.77. The number of hydrogen-bond donors (Lipinski definition) is 2. The fourth-order valence-electron chi connectivity index (χ4n) is 3.77. The van der Waals surface area contributed by atoms with Gasteiger partial charge in [-0.05, 0) is 51.6 Å². The van der Waals surface area contributed by atoms with Gasteiger partial charge in [0.15, 0.2) is 0 Å². The van der Waals surface area contributed by atoms with Crippen molar-refractivity contribution < 1.29 is 4.79 Å². The lowest BCUT2D eigenvalue weighted by molar-refractivity contribution is -0.119. The molecule has 2 heterocycles. The van der Waals surface area contributed by atoms with E-state index in [-0.39, 0.29) is 5.91 Å². The number of primary amides is 1. The summed E-state index contributed by atoms with van der Waals surface area (Å²) in [5.41, 5.74) is 5.26. The fourth-order valence-corrected chi connectivity index (χ4v) is 3.77. The van der Waals surface area contributed by atoms with Crippen molar-refractivity contribution in [2.75, 3.05) is 39.3 Å². The molecule has 0 aromatic heterocycles. The van der Waals surface area contributed by atoms with Gasteiger partial charge in [0.1, 0.15) is 0 Å². The normalized spacial score (nSPS) is 27.6. The minimum Gasteiger partial charge on any atom is -0.369 e. The van der Waals surface area contributed by atoms with Gasteiger partial charge in [-0.1, -0.05) is 6.92 Å². The molecule has 0 aliphatic carbocycles. The number of hydrogen-bond acceptors (Lipinski definition) is 4. The number of nitrogens with zero attached hydrogens (tertiary/aromatic N) is 2. The van der Waals surface area contributed by atoms with E-state index >= 15 is 0 Å². The number of rotatable bonds is 6. The van der Waals surface area contributed by atoms with Crippen LogP contribution in [0.5, 0.6) is 0 Å². The van der Waals surface area contributed by atoms with Crippen molar-refractivity contribution in [2.45, 2.75) is 51.6 Å². The Bertz CT molecular complexity index is 328. The Balaban J connectivity index is 1.71. The highest BCUT2D eigenvalue weighted by molar-refractivity contribution is 5.75. The van der Waals surface area contributed by atoms with Gasteiger partial charge in [-0.3, -0.25) is 9.69 Å². The highest BCUT2D eigenvalue weighted by Crippen LogP contribution is 2.21. The molecule has 0 saturated carbocycles. The van der Waals surface area contributed by atoms with Crippen molar-refractivity contribution in [3.63, 3.8) is 0 Å². The third kappa shape index (κ3) is 5.24. The molecule has 2 rings (SSSR count). The maximum absolute atomic E-state index is 11.0. The van der Waals surface area contributed by atoms with Crippen LogP contribution in [0.25, 0.3) is 0 Å². The van der Waals surface area contributed by atoms with Crippen molar-refractivity contribution in [1.29, 1.82) is 0 Å². The molecule has 0 radical (unpaired) electrons. The van der Waals surface area contributed by atoms with Crippen molar-refractivity contribution in [3.8, 4) is 0 Å². The number of amides is 1. The third-order valence-electron chi connectivity index (χ3n) is 5.16. The fraction of sp³-hybridized carbons (Fsp3) is 0.938. The zero-order chi connectivity index (χ0) is 15.2. The van der Waals surface area contributed by atoms with Crippen LogP contribution in [-0.4, -0.2) is 67.1 Å². The molecule has 1 amide bonds. The standard InChI is InChI=1S/C16H32N4O/c1-3-19-8-4-5-14(11-19)13(2)18-15-6-9-20(10-7-15)12-16(17)21/h13-15,18H,3-12H2,1-2H3,(H2,17,21). The van der Waals surface area contributed by atoms with Gasteiger partial charge < -0.3 is 16.0 Å². The molecule has 3 N–H and O–H groups in total. The monoisotopic (exact) mass is 296 g/mol. The van der Waals surface area contributed by atoms with Crippen molar-refractivity contribution in [3.05, 3.63) is 0 Å². The first kappa shape index (κ1) is 16.7. The summed E-state index contributed by atoms with van der Waals surface area (Å²) in [7, 11) is 0. The summed E-state index contributed by atoms with van der Waals surface area (Å²) < 4.78 is 0. The number of carbonyl (C=O) groups excluding carboxylic acids is 1. The molecule has 0 bridgehead atoms. The smallest absolute Gasteiger partial charge is 0.231 e. The first-order chi connectivity index (χ1) is 10.1. The molecule has 5 nitrogen and oxygen atoms in total. The topological polar surface area (TPSA) is 61.6 Å². The number of nitrogens with one attached hydrogen (secondary N) is 1. The molecule has 0 spiro atoms. The van der Waals surface area contributed by atoms with Crippen LogP contribution < -0.4 is 11.1 Å². The number of piperidine rings is 2. The second-order valence-corrected chi connectivity index (χ2v) is 6.77. The quantitative estimate of drug-likeness (QED) is 0.755. The summed E-state index contributed by atoms with van der Waals surface area (Å²) >= 11 is 0. The molecule has 122 valence electrons. The van der Waals surface area contributed by atoms with Crippen LogP contribution in [0.1, 0.15) is 39.5 Å². The highest BCUT2D eigenvalue weighted by Gasteiger charge is 2.27. The summed E-state index contributed by atoms with van der Waals surface area (Å²) in [6, 6.07) is 1.19. The molecule has 0 aromatic rings. The predicted octanol–water partition coefficient (Wildman–Crippen LogP) is 0.646. The maximum atomic E-state index is 11.0. The molecule has 2 fully saturated rings. The Labute approximate surface area is 129 Å². The molecular weight excluding hydrogens is 264 g/mol. The minimum atomic E-state index is -0.211. The molecule has 2 atom stereocenters. The highest BCUT2D eigenvalue weighted by atomic mass is 16.1. The van der Waals surface area contributed by atoms with E-state index in [1.165, 1.54) is 32.5 Å². The lowest BCUT2D eigenvalue weighted by Crippen LogP contribution is -2.51. The average molecular weight is 296 g/mol. The van der Waals surface area contributed by atoms with Crippen LogP contribution in [0.4, 0.5) is 0 Å². The summed E-state index contributed by atoms with van der Waals surface area (Å²) in [6.07, 6.45) is 4.94. The van der Waals surface area contributed by atoms with Crippen molar-refractivity contribution >= 4 is 5.91 Å². The van der Waals surface area contributed by atoms with E-state index in [0.29, 0.717) is 18.6 Å². The Morgan fingerprint density at radius 1 is 1.24 bits per heavy atom. The SMILES string of the molecule is CCN1CCCC(C(C)NC2CCN(CC(N)=O)CC2)C1. The average Bonchev–Trinajstić information content (AvgIpc) is 2.49. The molecule has 0 aromatic carbocycles. The van der Waals surface area contributed by atoms with Crippen LogP contribution >= 0.6 is 0 Å². The summed E-state index contributed by atoms with van der Waals surface area (Å²) in [4.78, 5) is 15.7. The van der Waals surface area contributed by atoms with Gasteiger partial charge in [0.2, 0.25) is 5.91 Å². The Kier molecular flexibility index (Phi) is 6.45. The second kappa shape index (κ2) is 8.11. The van der Waals surface area contributed by atoms with E-state index in [2.05, 4.69) is 29.0 Å². The molecule has 2 aliphatic heterocycles. The number of likely N-dealkylation sites (tertiary alicyclic amines) is 2. The molecular formula is C16H32N4O. The van der Waals surface area contributed by atoms with E-state index in [0.717, 1.165) is 31.8 Å². The Hall–Kier alpha value is -0.650. The molecule has 2 saturated heterocycles. The first-order valence-corrected chi connectivity index (χ1v) is 8.57. The van der Waals surface area contributed by atoms with E-state index in [9.17, 15) is 4.79 Å². The first-order valence-electron chi connectivity index (χ1n) is 8.57. The van der Waals surface area contributed by atoms with Gasteiger partial charge in [-0.25, -0.2) is 0 Å². The number of carbonyl (C=O) groups is 1. The molecule has 2 aliphatic rings. The van der Waals surface area contributed by atoms with E-state index in [4.69, 9.17) is 5.73 Å². The van der Waals surface area contributed by atoms with Gasteiger partial charge in [-0.2, -0.15) is 0 Å². The zero-order valence-electron chi connectivity index (χ0n) is 13.7. The van der Waals surface area contributed by atoms with E-state index in [1.807, 2.05) is 0 Å². The van der Waals surface area contributed by atoms with Crippen LogP contribution in [0.3, 0.4) is 0 Å². The number of nitrogens with two attached hydrogens (primary N) is 1. The summed E-state index contributed by atoms with van der Waals surface area (Å²) in [5, 5.41) is 3.84. The lowest BCUT2D eigenvalue weighted by atomic mass is 9.90.